The van der Waals surface area contributed by atoms with Gasteiger partial charge in [-0.2, -0.15) is 0 Å². The summed E-state index contributed by atoms with van der Waals surface area (Å²) in [4.78, 5) is 72.9. The Labute approximate surface area is 619 Å². The summed E-state index contributed by atoms with van der Waals surface area (Å²) in [6, 6.07) is 0. The number of aliphatic hydroxyl groups is 1. The maximum Gasteiger partial charge on any atom is 0.472 e. The number of unbranched alkanes of at least 4 members (excludes halogenated alkanes) is 31. The van der Waals surface area contributed by atoms with Gasteiger partial charge < -0.3 is 33.8 Å². The van der Waals surface area contributed by atoms with Gasteiger partial charge in [0.25, 0.3) is 0 Å². The number of hydrogen-bond donors (Lipinski definition) is 3. The molecular weight excluding hydrogens is 1330 g/mol. The average molecular weight is 1480 g/mol. The number of phosphoric acid groups is 2. The fraction of sp³-hybridized carbons (Fsp3) is 0.735. The quantitative estimate of drug-likeness (QED) is 0.0169. The van der Waals surface area contributed by atoms with Crippen molar-refractivity contribution in [2.45, 2.75) is 354 Å². The summed E-state index contributed by atoms with van der Waals surface area (Å²) in [5, 5.41) is 10.6. The van der Waals surface area contributed by atoms with Crippen LogP contribution in [0.2, 0.25) is 0 Å². The lowest BCUT2D eigenvalue weighted by molar-refractivity contribution is -0.161. The molecule has 0 spiro atoms. The number of rotatable bonds is 75. The fourth-order valence-corrected chi connectivity index (χ4v) is 12.1. The van der Waals surface area contributed by atoms with Crippen molar-refractivity contribution in [1.29, 1.82) is 0 Å². The molecule has 0 heterocycles. The standard InChI is InChI=1S/C83H144O17P2/c1-5-9-13-17-21-25-29-33-36-38-41-45-48-52-56-60-64-68-81(86)94-74-79(100-83(88)70-66-62-58-54-50-46-42-39-37-34-30-26-22-18-14-10-6-2)76-98-102(91,92)96-72-77(84)71-95-101(89,90)97-75-78(99-82(87)69-65-61-57-53-49-43-32-28-24-20-16-12-8-4)73-93-80(85)67-63-59-55-51-47-44-40-35-31-27-23-19-15-11-7-3/h21-22,25-26,33-37,40-42,45-46,52,54,56,58,77-79,84H,5-20,23-24,27-32,38-39,43-44,47-51,53,55,57,59-76H2,1-4H3,(H,89,90)(H,91,92)/b25-21-,26-22-,36-33-,37-34-,40-35-,45-41-,46-42-,56-52-,58-54-/t77-,78-,79-/m1/s1. The van der Waals surface area contributed by atoms with E-state index in [2.05, 4.69) is 113 Å². The monoisotopic (exact) mass is 1470 g/mol. The van der Waals surface area contributed by atoms with Crippen LogP contribution in [0.3, 0.4) is 0 Å². The minimum atomic E-state index is -5.00. The molecular formula is C83H144O17P2. The van der Waals surface area contributed by atoms with Gasteiger partial charge in [-0.25, -0.2) is 9.13 Å². The lowest BCUT2D eigenvalue weighted by Crippen LogP contribution is -2.30. The second kappa shape index (κ2) is 75.0. The van der Waals surface area contributed by atoms with Gasteiger partial charge in [-0.1, -0.05) is 291 Å². The van der Waals surface area contributed by atoms with Crippen molar-refractivity contribution in [2.75, 3.05) is 39.6 Å². The molecule has 0 fully saturated rings. The second-order valence-electron chi connectivity index (χ2n) is 26.7. The molecule has 0 aliphatic heterocycles. The zero-order valence-electron chi connectivity index (χ0n) is 64.3. The molecule has 0 rings (SSSR count). The van der Waals surface area contributed by atoms with Crippen molar-refractivity contribution in [2.24, 2.45) is 0 Å². The Balaban J connectivity index is 5.45. The largest absolute Gasteiger partial charge is 0.472 e. The van der Waals surface area contributed by atoms with Crippen LogP contribution >= 0.6 is 15.6 Å². The Bertz CT molecular complexity index is 2360. The van der Waals surface area contributed by atoms with Crippen molar-refractivity contribution in [3.63, 3.8) is 0 Å². The topological polar surface area (TPSA) is 237 Å². The highest BCUT2D eigenvalue weighted by molar-refractivity contribution is 7.47. The molecule has 17 nitrogen and oxygen atoms in total. The van der Waals surface area contributed by atoms with Crippen molar-refractivity contribution < 1.29 is 80.2 Å². The molecule has 3 N–H and O–H groups in total. The van der Waals surface area contributed by atoms with Gasteiger partial charge in [-0.05, 0) is 128 Å². The molecule has 588 valence electrons. The van der Waals surface area contributed by atoms with Crippen molar-refractivity contribution in [1.82, 2.24) is 0 Å². The number of allylic oxidation sites excluding steroid dienone is 18. The van der Waals surface area contributed by atoms with E-state index in [0.717, 1.165) is 116 Å². The van der Waals surface area contributed by atoms with E-state index < -0.39 is 97.5 Å². The van der Waals surface area contributed by atoms with Gasteiger partial charge in [0.15, 0.2) is 12.2 Å². The van der Waals surface area contributed by atoms with Crippen LogP contribution in [0.1, 0.15) is 336 Å². The predicted molar refractivity (Wildman–Crippen MR) is 418 cm³/mol. The average Bonchev–Trinajstić information content (AvgIpc) is 0.959. The van der Waals surface area contributed by atoms with Gasteiger partial charge in [0.1, 0.15) is 19.3 Å². The van der Waals surface area contributed by atoms with Crippen LogP contribution in [0.5, 0.6) is 0 Å². The highest BCUT2D eigenvalue weighted by Crippen LogP contribution is 2.45. The molecule has 102 heavy (non-hydrogen) atoms. The van der Waals surface area contributed by atoms with E-state index in [4.69, 9.17) is 37.0 Å². The molecule has 0 aromatic rings. The summed E-state index contributed by atoms with van der Waals surface area (Å²) < 4.78 is 68.5. The van der Waals surface area contributed by atoms with E-state index in [9.17, 15) is 43.2 Å². The number of esters is 4. The molecule has 0 saturated carbocycles. The third-order valence-electron chi connectivity index (χ3n) is 16.7. The third kappa shape index (κ3) is 74.0. The molecule has 0 aliphatic carbocycles. The van der Waals surface area contributed by atoms with Gasteiger partial charge in [0.2, 0.25) is 0 Å². The van der Waals surface area contributed by atoms with Gasteiger partial charge >= 0.3 is 39.5 Å². The highest BCUT2D eigenvalue weighted by atomic mass is 31.2. The van der Waals surface area contributed by atoms with Crippen molar-refractivity contribution in [3.8, 4) is 0 Å². The van der Waals surface area contributed by atoms with Gasteiger partial charge in [0, 0.05) is 25.7 Å². The summed E-state index contributed by atoms with van der Waals surface area (Å²) in [5.74, 6) is -2.30. The first-order valence-corrected chi connectivity index (χ1v) is 43.1. The van der Waals surface area contributed by atoms with Crippen LogP contribution in [0, 0.1) is 0 Å². The smallest absolute Gasteiger partial charge is 0.462 e. The molecule has 5 atom stereocenters. The van der Waals surface area contributed by atoms with E-state index in [1.807, 2.05) is 24.3 Å². The molecule has 0 amide bonds. The second-order valence-corrected chi connectivity index (χ2v) is 29.6. The number of carbonyl (C=O) groups excluding carboxylic acids is 4. The molecule has 0 aromatic carbocycles. The number of phosphoric ester groups is 2. The molecule has 0 radical (unpaired) electrons. The maximum absolute atomic E-state index is 13.1. The Morgan fingerprint density at radius 2 is 0.490 bits per heavy atom. The maximum atomic E-state index is 13.1. The molecule has 19 heteroatoms. The Morgan fingerprint density at radius 1 is 0.275 bits per heavy atom. The lowest BCUT2D eigenvalue weighted by atomic mass is 10.0. The van der Waals surface area contributed by atoms with Crippen LogP contribution in [-0.2, 0) is 65.4 Å². The minimum absolute atomic E-state index is 0.00647. The molecule has 0 saturated heterocycles. The zero-order valence-corrected chi connectivity index (χ0v) is 66.0. The highest BCUT2D eigenvalue weighted by Gasteiger charge is 2.30. The van der Waals surface area contributed by atoms with Crippen LogP contribution in [0.25, 0.3) is 0 Å². The summed E-state index contributed by atoms with van der Waals surface area (Å²) in [6.07, 6.45) is 80.8. The van der Waals surface area contributed by atoms with Crippen LogP contribution < -0.4 is 0 Å². The summed E-state index contributed by atoms with van der Waals surface area (Å²) in [7, 11) is -9.99. The SMILES string of the molecule is CCCCC/C=C\C/C=C\C/C=C\C/C=C\CCCC(=O)OC[C@H](COP(=O)(O)OC[C@H](O)COP(=O)(O)OC[C@@H](COC(=O)CCCCCCC/C=C\CCCCCCCC)OC(=O)CCCCCCCCCCCCCCC)OC(=O)CCC/C=C\C/C=C\C/C=C\C/C=C\CCCCC. The minimum Gasteiger partial charge on any atom is -0.462 e. The van der Waals surface area contributed by atoms with E-state index in [1.165, 1.54) is 128 Å². The van der Waals surface area contributed by atoms with Crippen molar-refractivity contribution in [3.05, 3.63) is 109 Å². The first-order valence-electron chi connectivity index (χ1n) is 40.1. The molecule has 0 aliphatic rings. The summed E-state index contributed by atoms with van der Waals surface area (Å²) >= 11 is 0. The van der Waals surface area contributed by atoms with Gasteiger partial charge in [0.05, 0.1) is 26.4 Å². The van der Waals surface area contributed by atoms with E-state index in [0.29, 0.717) is 38.5 Å². The lowest BCUT2D eigenvalue weighted by Gasteiger charge is -2.21. The number of carbonyl (C=O) groups is 4. The zero-order chi connectivity index (χ0) is 74.6. The van der Waals surface area contributed by atoms with E-state index >= 15 is 0 Å². The molecule has 0 bridgehead atoms. The van der Waals surface area contributed by atoms with Crippen LogP contribution in [-0.4, -0.2) is 96.7 Å². The summed E-state index contributed by atoms with van der Waals surface area (Å²) in [5.41, 5.74) is 0. The Hall–Kier alpha value is -4.28. The first-order chi connectivity index (χ1) is 49.7. The van der Waals surface area contributed by atoms with Crippen LogP contribution in [0.4, 0.5) is 0 Å². The van der Waals surface area contributed by atoms with E-state index in [1.54, 1.807) is 0 Å². The number of ether oxygens (including phenoxy) is 4. The van der Waals surface area contributed by atoms with Gasteiger partial charge in [-0.15, -0.1) is 0 Å². The number of aliphatic hydroxyl groups excluding tert-OH is 1. The molecule has 0 aromatic heterocycles. The summed E-state index contributed by atoms with van der Waals surface area (Å²) in [6.45, 7) is 4.71. The van der Waals surface area contributed by atoms with E-state index in [-0.39, 0.29) is 25.7 Å². The third-order valence-corrected chi connectivity index (χ3v) is 18.6. The van der Waals surface area contributed by atoms with Gasteiger partial charge in [-0.3, -0.25) is 37.3 Å². The van der Waals surface area contributed by atoms with Crippen LogP contribution in [0.15, 0.2) is 109 Å². The Kier molecular flexibility index (Phi) is 71.8. The Morgan fingerprint density at radius 3 is 0.814 bits per heavy atom. The fourth-order valence-electron chi connectivity index (χ4n) is 10.6. The van der Waals surface area contributed by atoms with Crippen molar-refractivity contribution >= 4 is 39.5 Å². The number of hydrogen-bond acceptors (Lipinski definition) is 15. The normalized spacial score (nSPS) is 14.5. The first kappa shape index (κ1) is 97.7. The predicted octanol–water partition coefficient (Wildman–Crippen LogP) is 23.3. The molecule has 2 unspecified atom stereocenters.